The number of carbonyl (C=O) groups is 4. The highest BCUT2D eigenvalue weighted by atomic mass is 16.2. The van der Waals surface area contributed by atoms with Gasteiger partial charge < -0.3 is 5.32 Å². The predicted molar refractivity (Wildman–Crippen MR) is 129 cm³/mol. The summed E-state index contributed by atoms with van der Waals surface area (Å²) in [5.74, 6) is -1.48. The van der Waals surface area contributed by atoms with Crippen LogP contribution in [0.3, 0.4) is 0 Å². The second-order valence-corrected chi connectivity index (χ2v) is 8.05. The maximum atomic E-state index is 12.9. The molecule has 2 heterocycles. The fourth-order valence-electron chi connectivity index (χ4n) is 3.95. The first kappa shape index (κ1) is 21.9. The van der Waals surface area contributed by atoms with Crippen LogP contribution in [0.1, 0.15) is 52.6 Å². The van der Waals surface area contributed by atoms with Crippen LogP contribution in [-0.2, 0) is 6.54 Å². The molecule has 0 atom stereocenters. The summed E-state index contributed by atoms with van der Waals surface area (Å²) in [7, 11) is 0. The fourth-order valence-corrected chi connectivity index (χ4v) is 3.95. The van der Waals surface area contributed by atoms with Crippen LogP contribution in [0, 0.1) is 0 Å². The van der Waals surface area contributed by atoms with Crippen molar-refractivity contribution in [2.45, 2.75) is 6.54 Å². The summed E-state index contributed by atoms with van der Waals surface area (Å²) >= 11 is 0. The maximum absolute atomic E-state index is 12.9. The van der Waals surface area contributed by atoms with E-state index in [-0.39, 0.29) is 29.0 Å². The number of amides is 3. The second-order valence-electron chi connectivity index (χ2n) is 8.05. The van der Waals surface area contributed by atoms with Crippen LogP contribution in [-0.4, -0.2) is 33.4 Å². The number of carbonyl (C=O) groups excluding carboxylic acids is 4. The minimum Gasteiger partial charge on any atom is -0.322 e. The number of ketones is 1. The molecule has 170 valence electrons. The van der Waals surface area contributed by atoms with Crippen LogP contribution in [0.4, 0.5) is 5.69 Å². The van der Waals surface area contributed by atoms with E-state index < -0.39 is 17.7 Å². The quantitative estimate of drug-likeness (QED) is 0.340. The van der Waals surface area contributed by atoms with Gasteiger partial charge in [-0.2, -0.15) is 0 Å². The predicted octanol–water partition coefficient (Wildman–Crippen LogP) is 4.36. The van der Waals surface area contributed by atoms with Crippen LogP contribution in [0.25, 0.3) is 0 Å². The highest BCUT2D eigenvalue weighted by Gasteiger charge is 2.36. The lowest BCUT2D eigenvalue weighted by Crippen LogP contribution is -2.29. The number of fused-ring (bicyclic) bond motifs is 1. The molecule has 0 aliphatic carbocycles. The molecule has 35 heavy (non-hydrogen) atoms. The summed E-state index contributed by atoms with van der Waals surface area (Å²) in [4.78, 5) is 56.5. The van der Waals surface area contributed by atoms with Gasteiger partial charge in [0, 0.05) is 34.8 Å². The van der Waals surface area contributed by atoms with Crippen molar-refractivity contribution in [1.82, 2.24) is 9.88 Å². The molecular formula is C28H19N3O4. The largest absolute Gasteiger partial charge is 0.322 e. The molecule has 0 fully saturated rings. The number of hydrogen-bond donors (Lipinski definition) is 1. The van der Waals surface area contributed by atoms with Crippen LogP contribution in [0.15, 0.2) is 97.3 Å². The average molecular weight is 461 g/mol. The lowest BCUT2D eigenvalue weighted by Gasteiger charge is -2.13. The first-order valence-corrected chi connectivity index (χ1v) is 10.9. The molecule has 4 aromatic rings. The Morgan fingerprint density at radius 2 is 1.51 bits per heavy atom. The molecule has 7 nitrogen and oxygen atoms in total. The van der Waals surface area contributed by atoms with Gasteiger partial charge in [0.2, 0.25) is 0 Å². The van der Waals surface area contributed by atoms with E-state index in [1.54, 1.807) is 73.1 Å². The number of nitrogens with zero attached hydrogens (tertiary/aromatic N) is 2. The van der Waals surface area contributed by atoms with Crippen molar-refractivity contribution in [3.8, 4) is 0 Å². The lowest BCUT2D eigenvalue weighted by atomic mass is 10.0. The number of rotatable bonds is 6. The third kappa shape index (κ3) is 4.35. The number of aromatic nitrogens is 1. The summed E-state index contributed by atoms with van der Waals surface area (Å²) < 4.78 is 0. The first-order valence-electron chi connectivity index (χ1n) is 10.9. The molecule has 3 amide bonds. The van der Waals surface area contributed by atoms with Gasteiger partial charge in [-0.1, -0.05) is 48.5 Å². The van der Waals surface area contributed by atoms with E-state index in [0.29, 0.717) is 16.8 Å². The fraction of sp³-hybridized carbons (Fsp3) is 0.0357. The van der Waals surface area contributed by atoms with E-state index in [1.807, 2.05) is 6.07 Å². The van der Waals surface area contributed by atoms with E-state index in [0.717, 1.165) is 10.5 Å². The van der Waals surface area contributed by atoms with Crippen molar-refractivity contribution in [2.24, 2.45) is 0 Å². The molecule has 7 heteroatoms. The Kier molecular flexibility index (Phi) is 5.73. The van der Waals surface area contributed by atoms with Gasteiger partial charge >= 0.3 is 0 Å². The highest BCUT2D eigenvalue weighted by Crippen LogP contribution is 2.26. The Labute approximate surface area is 201 Å². The summed E-state index contributed by atoms with van der Waals surface area (Å²) in [6.07, 6.45) is 3.21. The highest BCUT2D eigenvalue weighted by molar-refractivity contribution is 6.22. The molecule has 1 aliphatic rings. The minimum atomic E-state index is -0.459. The van der Waals surface area contributed by atoms with Gasteiger partial charge in [0.1, 0.15) is 0 Å². The van der Waals surface area contributed by atoms with Gasteiger partial charge in [0.05, 0.1) is 17.7 Å². The van der Waals surface area contributed by atoms with Crippen molar-refractivity contribution >= 4 is 29.2 Å². The van der Waals surface area contributed by atoms with Gasteiger partial charge in [-0.3, -0.25) is 29.1 Å². The van der Waals surface area contributed by atoms with Crippen molar-refractivity contribution in [3.63, 3.8) is 0 Å². The zero-order valence-corrected chi connectivity index (χ0v) is 18.5. The zero-order chi connectivity index (χ0) is 24.4. The molecule has 5 rings (SSSR count). The lowest BCUT2D eigenvalue weighted by molar-refractivity contribution is 0.0641. The molecule has 0 saturated carbocycles. The topological polar surface area (TPSA) is 96.4 Å². The minimum absolute atomic E-state index is 0.101. The van der Waals surface area contributed by atoms with Gasteiger partial charge in [-0.25, -0.2) is 0 Å². The summed E-state index contributed by atoms with van der Waals surface area (Å²) in [5, 5.41) is 2.76. The summed E-state index contributed by atoms with van der Waals surface area (Å²) in [6, 6.07) is 23.5. The van der Waals surface area contributed by atoms with E-state index in [1.165, 1.54) is 18.2 Å². The van der Waals surface area contributed by atoms with Crippen LogP contribution < -0.4 is 5.32 Å². The Morgan fingerprint density at radius 1 is 0.743 bits per heavy atom. The van der Waals surface area contributed by atoms with Gasteiger partial charge in [0.15, 0.2) is 5.78 Å². The Balaban J connectivity index is 1.34. The SMILES string of the molecule is O=C(Nc1cccc(C(=O)c2ccccc2)c1)c1ccc2c(c1)C(=O)N(Cc1cccnc1)C2=O. The number of anilines is 1. The maximum Gasteiger partial charge on any atom is 0.261 e. The Hall–Kier alpha value is -4.91. The first-order chi connectivity index (χ1) is 17.0. The van der Waals surface area contributed by atoms with Crippen LogP contribution >= 0.6 is 0 Å². The van der Waals surface area contributed by atoms with Crippen molar-refractivity contribution in [3.05, 3.63) is 131 Å². The smallest absolute Gasteiger partial charge is 0.261 e. The molecular weight excluding hydrogens is 442 g/mol. The van der Waals surface area contributed by atoms with E-state index in [9.17, 15) is 19.2 Å². The van der Waals surface area contributed by atoms with Gasteiger partial charge in [-0.05, 0) is 42.0 Å². The standard InChI is InChI=1S/C28H19N3O4/c32-25(19-7-2-1-3-8-19)20-9-4-10-22(14-20)30-26(33)21-11-12-23-24(15-21)28(35)31(27(23)34)17-18-6-5-13-29-16-18/h1-16H,17H2,(H,30,33). The zero-order valence-electron chi connectivity index (χ0n) is 18.5. The van der Waals surface area contributed by atoms with Crippen LogP contribution in [0.2, 0.25) is 0 Å². The van der Waals surface area contributed by atoms with Gasteiger partial charge in [0.25, 0.3) is 17.7 Å². The average Bonchev–Trinajstić information content (AvgIpc) is 3.13. The third-order valence-corrected chi connectivity index (χ3v) is 5.71. The molecule has 0 unspecified atom stereocenters. The van der Waals surface area contributed by atoms with E-state index >= 15 is 0 Å². The van der Waals surface area contributed by atoms with Crippen molar-refractivity contribution < 1.29 is 19.2 Å². The molecule has 1 aliphatic heterocycles. The number of benzene rings is 3. The third-order valence-electron chi connectivity index (χ3n) is 5.71. The molecule has 3 aromatic carbocycles. The molecule has 1 N–H and O–H groups in total. The van der Waals surface area contributed by atoms with E-state index in [2.05, 4.69) is 10.3 Å². The van der Waals surface area contributed by atoms with Crippen molar-refractivity contribution in [2.75, 3.05) is 5.32 Å². The number of hydrogen-bond acceptors (Lipinski definition) is 5. The molecule has 0 spiro atoms. The van der Waals surface area contributed by atoms with Gasteiger partial charge in [-0.15, -0.1) is 0 Å². The monoisotopic (exact) mass is 461 g/mol. The molecule has 0 saturated heterocycles. The molecule has 0 radical (unpaired) electrons. The second kappa shape index (κ2) is 9.15. The van der Waals surface area contributed by atoms with E-state index in [4.69, 9.17) is 0 Å². The van der Waals surface area contributed by atoms with Crippen LogP contribution in [0.5, 0.6) is 0 Å². The molecule has 1 aromatic heterocycles. The number of pyridine rings is 1. The van der Waals surface area contributed by atoms with Crippen molar-refractivity contribution in [1.29, 1.82) is 0 Å². The summed E-state index contributed by atoms with van der Waals surface area (Å²) in [5.41, 5.74) is 2.82. The Morgan fingerprint density at radius 3 is 2.29 bits per heavy atom. The molecule has 0 bridgehead atoms. The normalized spacial score (nSPS) is 12.4. The number of imide groups is 1. The Bertz CT molecular complexity index is 1470. The summed E-state index contributed by atoms with van der Waals surface area (Å²) in [6.45, 7) is 0.101. The number of nitrogens with one attached hydrogen (secondary N) is 1.